The summed E-state index contributed by atoms with van der Waals surface area (Å²) in [4.78, 5) is 35.8. The van der Waals surface area contributed by atoms with Gasteiger partial charge in [-0.15, -0.1) is 11.3 Å². The Bertz CT molecular complexity index is 1230. The SMILES string of the molecule is CCC(C)n1c(SCC(=O)N2CCCc3ccccc32)nc2sc3c(c2c1=O)CCCC3. The highest BCUT2D eigenvalue weighted by Gasteiger charge is 2.26. The highest BCUT2D eigenvalue weighted by atomic mass is 32.2. The van der Waals surface area contributed by atoms with Gasteiger partial charge in [-0.25, -0.2) is 4.98 Å². The zero-order valence-electron chi connectivity index (χ0n) is 18.7. The van der Waals surface area contributed by atoms with E-state index in [1.54, 1.807) is 11.3 Å². The number of anilines is 1. The molecule has 3 heterocycles. The Hall–Kier alpha value is -2.12. The van der Waals surface area contributed by atoms with Gasteiger partial charge < -0.3 is 4.90 Å². The minimum Gasteiger partial charge on any atom is -0.311 e. The van der Waals surface area contributed by atoms with Crippen molar-refractivity contribution in [2.24, 2.45) is 0 Å². The van der Waals surface area contributed by atoms with Crippen molar-refractivity contribution in [3.8, 4) is 0 Å². The number of thioether (sulfide) groups is 1. The predicted molar refractivity (Wildman–Crippen MR) is 133 cm³/mol. The molecule has 5 nitrogen and oxygen atoms in total. The van der Waals surface area contributed by atoms with Gasteiger partial charge in [0.2, 0.25) is 5.91 Å². The van der Waals surface area contributed by atoms with E-state index in [0.29, 0.717) is 5.16 Å². The lowest BCUT2D eigenvalue weighted by atomic mass is 9.97. The van der Waals surface area contributed by atoms with Gasteiger partial charge in [0.1, 0.15) is 4.83 Å². The van der Waals surface area contributed by atoms with E-state index in [2.05, 4.69) is 19.9 Å². The zero-order valence-corrected chi connectivity index (χ0v) is 20.4. The molecule has 2 aromatic heterocycles. The Morgan fingerprint density at radius 1 is 1.19 bits per heavy atom. The predicted octanol–water partition coefficient (Wildman–Crippen LogP) is 5.38. The third kappa shape index (κ3) is 3.79. The number of aryl methyl sites for hydroxylation is 3. The maximum Gasteiger partial charge on any atom is 0.263 e. The fraction of sp³-hybridized carbons (Fsp3) is 0.480. The largest absolute Gasteiger partial charge is 0.311 e. The van der Waals surface area contributed by atoms with Crippen LogP contribution in [0.5, 0.6) is 0 Å². The van der Waals surface area contributed by atoms with Crippen LogP contribution >= 0.6 is 23.1 Å². The molecule has 0 saturated carbocycles. The van der Waals surface area contributed by atoms with E-state index in [1.165, 1.54) is 34.2 Å². The second kappa shape index (κ2) is 9.02. The minimum absolute atomic E-state index is 0.0480. The maximum absolute atomic E-state index is 13.6. The van der Waals surface area contributed by atoms with Crippen molar-refractivity contribution in [3.05, 3.63) is 50.6 Å². The van der Waals surface area contributed by atoms with Gasteiger partial charge in [0.15, 0.2) is 5.16 Å². The number of carbonyl (C=O) groups is 1. The van der Waals surface area contributed by atoms with Gasteiger partial charge in [-0.3, -0.25) is 14.2 Å². The summed E-state index contributed by atoms with van der Waals surface area (Å²) in [6.07, 6.45) is 7.20. The lowest BCUT2D eigenvalue weighted by Gasteiger charge is -2.29. The summed E-state index contributed by atoms with van der Waals surface area (Å²) in [5.41, 5.74) is 3.56. The number of amides is 1. The van der Waals surface area contributed by atoms with E-state index >= 15 is 0 Å². The number of benzene rings is 1. The Morgan fingerprint density at radius 2 is 2.00 bits per heavy atom. The summed E-state index contributed by atoms with van der Waals surface area (Å²) in [6, 6.07) is 8.22. The first-order valence-corrected chi connectivity index (χ1v) is 13.5. The van der Waals surface area contributed by atoms with Gasteiger partial charge in [-0.05, 0) is 69.1 Å². The molecule has 1 unspecified atom stereocenters. The molecule has 1 atom stereocenters. The molecule has 5 rings (SSSR count). The van der Waals surface area contributed by atoms with Crippen molar-refractivity contribution in [2.45, 2.75) is 70.0 Å². The van der Waals surface area contributed by atoms with E-state index in [0.717, 1.165) is 61.0 Å². The molecule has 0 N–H and O–H groups in total. The van der Waals surface area contributed by atoms with Gasteiger partial charge in [-0.1, -0.05) is 36.9 Å². The fourth-order valence-corrected chi connectivity index (χ4v) is 7.14. The molecule has 1 aromatic carbocycles. The monoisotopic (exact) mass is 467 g/mol. The van der Waals surface area contributed by atoms with Crippen LogP contribution in [0, 0.1) is 0 Å². The first-order valence-electron chi connectivity index (χ1n) is 11.7. The highest BCUT2D eigenvalue weighted by Crippen LogP contribution is 2.35. The number of carbonyl (C=O) groups excluding carboxylic acids is 1. The molecule has 168 valence electrons. The van der Waals surface area contributed by atoms with Crippen molar-refractivity contribution in [1.82, 2.24) is 9.55 Å². The topological polar surface area (TPSA) is 55.2 Å². The maximum atomic E-state index is 13.6. The molecular formula is C25H29N3O2S2. The van der Waals surface area contributed by atoms with Crippen LogP contribution in [0.4, 0.5) is 5.69 Å². The van der Waals surface area contributed by atoms with E-state index < -0.39 is 0 Å². The van der Waals surface area contributed by atoms with Gasteiger partial charge in [0.05, 0.1) is 11.1 Å². The third-order valence-electron chi connectivity index (χ3n) is 6.76. The fourth-order valence-electron chi connectivity index (χ4n) is 4.87. The standard InChI is InChI=1S/C25H29N3O2S2/c1-3-16(2)28-24(30)22-18-11-5-7-13-20(18)32-23(22)26-25(28)31-15-21(29)27-14-8-10-17-9-4-6-12-19(17)27/h4,6,9,12,16H,3,5,7-8,10-11,13-15H2,1-2H3. The van der Waals surface area contributed by atoms with Crippen molar-refractivity contribution in [2.75, 3.05) is 17.2 Å². The molecule has 0 spiro atoms. The molecule has 7 heteroatoms. The molecule has 0 saturated heterocycles. The van der Waals surface area contributed by atoms with Crippen LogP contribution in [-0.4, -0.2) is 27.8 Å². The molecular weight excluding hydrogens is 438 g/mol. The smallest absolute Gasteiger partial charge is 0.263 e. The molecule has 0 radical (unpaired) electrons. The van der Waals surface area contributed by atoms with Gasteiger partial charge in [0, 0.05) is 23.2 Å². The Labute approximate surface area is 196 Å². The lowest BCUT2D eigenvalue weighted by Crippen LogP contribution is -2.37. The molecule has 1 amide bonds. The zero-order chi connectivity index (χ0) is 22.2. The second-order valence-corrected chi connectivity index (χ2v) is 10.8. The number of nitrogens with zero attached hydrogens (tertiary/aromatic N) is 3. The summed E-state index contributed by atoms with van der Waals surface area (Å²) in [5.74, 6) is 0.367. The Balaban J connectivity index is 1.48. The van der Waals surface area contributed by atoms with Gasteiger partial charge in [-0.2, -0.15) is 0 Å². The molecule has 3 aromatic rings. The van der Waals surface area contributed by atoms with Crippen LogP contribution in [0.3, 0.4) is 0 Å². The van der Waals surface area contributed by atoms with Crippen molar-refractivity contribution < 1.29 is 4.79 Å². The van der Waals surface area contributed by atoms with Gasteiger partial charge >= 0.3 is 0 Å². The molecule has 0 bridgehead atoms. The lowest BCUT2D eigenvalue weighted by molar-refractivity contribution is -0.116. The number of thiophene rings is 1. The number of aromatic nitrogens is 2. The number of rotatable bonds is 5. The normalized spacial score (nSPS) is 16.6. The molecule has 1 aliphatic carbocycles. The van der Waals surface area contributed by atoms with E-state index in [9.17, 15) is 9.59 Å². The quantitative estimate of drug-likeness (QED) is 0.373. The van der Waals surface area contributed by atoms with Crippen molar-refractivity contribution in [1.29, 1.82) is 0 Å². The summed E-state index contributed by atoms with van der Waals surface area (Å²) < 4.78 is 1.84. The number of hydrogen-bond acceptors (Lipinski definition) is 5. The average Bonchev–Trinajstić information content (AvgIpc) is 3.20. The number of fused-ring (bicyclic) bond motifs is 4. The third-order valence-corrected chi connectivity index (χ3v) is 8.88. The van der Waals surface area contributed by atoms with E-state index in [1.807, 2.05) is 27.7 Å². The first kappa shape index (κ1) is 21.7. The van der Waals surface area contributed by atoms with Crippen LogP contribution in [0.25, 0.3) is 10.2 Å². The summed E-state index contributed by atoms with van der Waals surface area (Å²) in [6.45, 7) is 4.91. The van der Waals surface area contributed by atoms with Crippen molar-refractivity contribution >= 4 is 44.9 Å². The number of hydrogen-bond donors (Lipinski definition) is 0. The molecule has 0 fully saturated rings. The number of para-hydroxylation sites is 1. The van der Waals surface area contributed by atoms with Crippen LogP contribution < -0.4 is 10.5 Å². The van der Waals surface area contributed by atoms with Crippen molar-refractivity contribution in [3.63, 3.8) is 0 Å². The van der Waals surface area contributed by atoms with E-state index in [4.69, 9.17) is 4.98 Å². The Morgan fingerprint density at radius 3 is 2.84 bits per heavy atom. The Kier molecular flexibility index (Phi) is 6.12. The van der Waals surface area contributed by atoms with Crippen LogP contribution in [-0.2, 0) is 24.1 Å². The van der Waals surface area contributed by atoms with Crippen LogP contribution in [0.15, 0.2) is 34.2 Å². The molecule has 2 aliphatic rings. The average molecular weight is 468 g/mol. The summed E-state index contributed by atoms with van der Waals surface area (Å²) in [5, 5.41) is 1.50. The second-order valence-electron chi connectivity index (χ2n) is 8.78. The summed E-state index contributed by atoms with van der Waals surface area (Å²) in [7, 11) is 0. The van der Waals surface area contributed by atoms with Crippen LogP contribution in [0.1, 0.15) is 61.6 Å². The van der Waals surface area contributed by atoms with Gasteiger partial charge in [0.25, 0.3) is 5.56 Å². The first-order chi connectivity index (χ1) is 15.6. The molecule has 32 heavy (non-hydrogen) atoms. The van der Waals surface area contributed by atoms with Crippen LogP contribution in [0.2, 0.25) is 0 Å². The minimum atomic E-state index is 0.0480. The van der Waals surface area contributed by atoms with E-state index in [-0.39, 0.29) is 23.3 Å². The molecule has 1 aliphatic heterocycles. The summed E-state index contributed by atoms with van der Waals surface area (Å²) >= 11 is 3.09. The highest BCUT2D eigenvalue weighted by molar-refractivity contribution is 7.99.